The molecule has 1 saturated carbocycles. The molecule has 0 saturated heterocycles. The molecule has 2 aliphatic rings. The molecule has 0 radical (unpaired) electrons. The lowest BCUT2D eigenvalue weighted by atomic mass is 9.97. The molecule has 0 spiro atoms. The van der Waals surface area contributed by atoms with Crippen molar-refractivity contribution in [3.05, 3.63) is 28.8 Å². The molecule has 1 fully saturated rings. The van der Waals surface area contributed by atoms with Crippen molar-refractivity contribution in [3.8, 4) is 5.75 Å². The molecule has 3 atom stereocenters. The number of aryl methyl sites for hydroxylation is 1. The van der Waals surface area contributed by atoms with Crippen molar-refractivity contribution in [1.82, 2.24) is 5.32 Å². The molecular weight excluding hydrogens is 234 g/mol. The van der Waals surface area contributed by atoms with E-state index in [2.05, 4.69) is 26.1 Å². The van der Waals surface area contributed by atoms with Crippen LogP contribution in [0.5, 0.6) is 5.75 Å². The zero-order valence-corrected chi connectivity index (χ0v) is 12.2. The minimum absolute atomic E-state index is 0.339. The summed E-state index contributed by atoms with van der Waals surface area (Å²) in [7, 11) is 0. The maximum atomic E-state index is 10.2. The average Bonchev–Trinajstić information content (AvgIpc) is 3.16. The third-order valence-corrected chi connectivity index (χ3v) is 5.03. The summed E-state index contributed by atoms with van der Waals surface area (Å²) in [6.07, 6.45) is 3.93. The Hall–Kier alpha value is -1.02. The van der Waals surface area contributed by atoms with E-state index in [-0.39, 0.29) is 0 Å². The highest BCUT2D eigenvalue weighted by molar-refractivity contribution is 5.50. The summed E-state index contributed by atoms with van der Waals surface area (Å²) in [6.45, 7) is 7.86. The maximum Gasteiger partial charge on any atom is 0.120 e. The molecule has 0 amide bonds. The van der Waals surface area contributed by atoms with Crippen LogP contribution in [0, 0.1) is 18.8 Å². The number of rotatable bonds is 4. The number of benzene rings is 1. The van der Waals surface area contributed by atoms with Crippen LogP contribution < -0.4 is 5.32 Å². The van der Waals surface area contributed by atoms with Crippen LogP contribution in [0.3, 0.4) is 0 Å². The van der Waals surface area contributed by atoms with Gasteiger partial charge in [-0.05, 0) is 67.7 Å². The van der Waals surface area contributed by atoms with Gasteiger partial charge in [0, 0.05) is 11.6 Å². The van der Waals surface area contributed by atoms with Crippen LogP contribution in [0.2, 0.25) is 0 Å². The number of fused-ring (bicyclic) bond motifs is 1. The standard InChI is InChI=1S/C17H25NO/c1-10-4-7-15(19)17-14(8-11(2)16(10)17)18-9-12(3)13-5-6-13/h4,7,11-14,18-19H,5-6,8-9H2,1-3H3. The molecule has 3 unspecified atom stereocenters. The quantitative estimate of drug-likeness (QED) is 0.860. The van der Waals surface area contributed by atoms with Gasteiger partial charge in [-0.2, -0.15) is 0 Å². The smallest absolute Gasteiger partial charge is 0.120 e. The minimum atomic E-state index is 0.339. The Morgan fingerprint density at radius 3 is 2.74 bits per heavy atom. The maximum absolute atomic E-state index is 10.2. The van der Waals surface area contributed by atoms with Crippen molar-refractivity contribution in [2.45, 2.75) is 52.0 Å². The topological polar surface area (TPSA) is 32.3 Å². The fourth-order valence-electron chi connectivity index (χ4n) is 3.69. The van der Waals surface area contributed by atoms with Crippen LogP contribution in [0.1, 0.15) is 61.8 Å². The SMILES string of the molecule is Cc1ccc(O)c2c1C(C)CC2NCC(C)C1CC1. The Balaban J connectivity index is 1.77. The fraction of sp³-hybridized carbons (Fsp3) is 0.647. The van der Waals surface area contributed by atoms with Gasteiger partial charge in [0.05, 0.1) is 0 Å². The average molecular weight is 259 g/mol. The van der Waals surface area contributed by atoms with Gasteiger partial charge in [-0.3, -0.25) is 0 Å². The van der Waals surface area contributed by atoms with Crippen molar-refractivity contribution in [2.24, 2.45) is 11.8 Å². The van der Waals surface area contributed by atoms with Gasteiger partial charge < -0.3 is 10.4 Å². The zero-order chi connectivity index (χ0) is 13.6. The van der Waals surface area contributed by atoms with E-state index >= 15 is 0 Å². The van der Waals surface area contributed by atoms with Gasteiger partial charge in [0.2, 0.25) is 0 Å². The number of hydrogen-bond acceptors (Lipinski definition) is 2. The molecule has 2 nitrogen and oxygen atoms in total. The third-order valence-electron chi connectivity index (χ3n) is 5.03. The Morgan fingerprint density at radius 1 is 1.32 bits per heavy atom. The summed E-state index contributed by atoms with van der Waals surface area (Å²) < 4.78 is 0. The van der Waals surface area contributed by atoms with Gasteiger partial charge >= 0.3 is 0 Å². The van der Waals surface area contributed by atoms with Crippen LogP contribution in [0.15, 0.2) is 12.1 Å². The second-order valence-electron chi connectivity index (χ2n) is 6.64. The normalized spacial score (nSPS) is 27.3. The second kappa shape index (κ2) is 4.82. The summed E-state index contributed by atoms with van der Waals surface area (Å²) in [4.78, 5) is 0. The number of aromatic hydroxyl groups is 1. The molecule has 2 heteroatoms. The summed E-state index contributed by atoms with van der Waals surface area (Å²) >= 11 is 0. The highest BCUT2D eigenvalue weighted by Crippen LogP contribution is 2.46. The monoisotopic (exact) mass is 259 g/mol. The Morgan fingerprint density at radius 2 is 2.05 bits per heavy atom. The van der Waals surface area contributed by atoms with E-state index in [4.69, 9.17) is 0 Å². The van der Waals surface area contributed by atoms with Gasteiger partial charge in [0.15, 0.2) is 0 Å². The van der Waals surface area contributed by atoms with Crippen molar-refractivity contribution in [2.75, 3.05) is 6.54 Å². The van der Waals surface area contributed by atoms with E-state index in [1.165, 1.54) is 24.0 Å². The van der Waals surface area contributed by atoms with Crippen LogP contribution in [-0.4, -0.2) is 11.7 Å². The Bertz CT molecular complexity index is 478. The van der Waals surface area contributed by atoms with E-state index in [9.17, 15) is 5.11 Å². The third kappa shape index (κ3) is 2.38. The molecule has 19 heavy (non-hydrogen) atoms. The van der Waals surface area contributed by atoms with Crippen LogP contribution >= 0.6 is 0 Å². The molecule has 104 valence electrons. The van der Waals surface area contributed by atoms with E-state index in [0.29, 0.717) is 17.7 Å². The van der Waals surface area contributed by atoms with Gasteiger partial charge in [0.1, 0.15) is 5.75 Å². The van der Waals surface area contributed by atoms with Crippen molar-refractivity contribution < 1.29 is 5.11 Å². The highest BCUT2D eigenvalue weighted by atomic mass is 16.3. The van der Waals surface area contributed by atoms with Gasteiger partial charge in [-0.1, -0.05) is 19.9 Å². The van der Waals surface area contributed by atoms with Crippen LogP contribution in [0.4, 0.5) is 0 Å². The number of phenolic OH excluding ortho intramolecular Hbond substituents is 1. The first-order valence-electron chi connectivity index (χ1n) is 7.63. The molecule has 0 bridgehead atoms. The lowest BCUT2D eigenvalue weighted by Crippen LogP contribution is -2.26. The van der Waals surface area contributed by atoms with E-state index in [1.54, 1.807) is 0 Å². The van der Waals surface area contributed by atoms with Crippen molar-refractivity contribution in [1.29, 1.82) is 0 Å². The number of hydrogen-bond donors (Lipinski definition) is 2. The summed E-state index contributed by atoms with van der Waals surface area (Å²) in [6, 6.07) is 4.23. The van der Waals surface area contributed by atoms with Gasteiger partial charge in [-0.15, -0.1) is 0 Å². The van der Waals surface area contributed by atoms with Crippen LogP contribution in [0.25, 0.3) is 0 Å². The van der Waals surface area contributed by atoms with Gasteiger partial charge in [0.25, 0.3) is 0 Å². The number of nitrogens with one attached hydrogen (secondary N) is 1. The molecule has 2 N–H and O–H groups in total. The predicted octanol–water partition coefficient (Wildman–Crippen LogP) is 3.88. The molecule has 3 rings (SSSR count). The molecule has 1 aromatic rings. The summed E-state index contributed by atoms with van der Waals surface area (Å²) in [5.41, 5.74) is 3.85. The first-order valence-corrected chi connectivity index (χ1v) is 7.63. The first kappa shape index (κ1) is 13.0. The highest BCUT2D eigenvalue weighted by Gasteiger charge is 2.33. The Labute approximate surface area is 116 Å². The predicted molar refractivity (Wildman–Crippen MR) is 78.5 cm³/mol. The molecule has 0 aromatic heterocycles. The molecule has 0 aliphatic heterocycles. The molecular formula is C17H25NO. The fourth-order valence-corrected chi connectivity index (χ4v) is 3.69. The molecule has 1 aromatic carbocycles. The summed E-state index contributed by atoms with van der Waals surface area (Å²) in [5, 5.41) is 13.9. The Kier molecular flexibility index (Phi) is 3.30. The van der Waals surface area contributed by atoms with Crippen molar-refractivity contribution in [3.63, 3.8) is 0 Å². The van der Waals surface area contributed by atoms with E-state index < -0.39 is 0 Å². The first-order chi connectivity index (χ1) is 9.08. The zero-order valence-electron chi connectivity index (χ0n) is 12.2. The summed E-state index contributed by atoms with van der Waals surface area (Å²) in [5.74, 6) is 2.74. The van der Waals surface area contributed by atoms with E-state index in [1.807, 2.05) is 12.1 Å². The van der Waals surface area contributed by atoms with E-state index in [0.717, 1.165) is 30.4 Å². The lowest BCUT2D eigenvalue weighted by Gasteiger charge is -2.19. The second-order valence-corrected chi connectivity index (χ2v) is 6.64. The van der Waals surface area contributed by atoms with Crippen molar-refractivity contribution >= 4 is 0 Å². The number of phenols is 1. The van der Waals surface area contributed by atoms with Gasteiger partial charge in [-0.25, -0.2) is 0 Å². The van der Waals surface area contributed by atoms with Crippen LogP contribution in [-0.2, 0) is 0 Å². The largest absolute Gasteiger partial charge is 0.508 e. The minimum Gasteiger partial charge on any atom is -0.508 e. The lowest BCUT2D eigenvalue weighted by molar-refractivity contribution is 0.400. The molecule has 0 heterocycles. The molecule has 2 aliphatic carbocycles.